The minimum absolute atomic E-state index is 0.664. The van der Waals surface area contributed by atoms with Crippen molar-refractivity contribution >= 4 is 0 Å². The highest BCUT2D eigenvalue weighted by atomic mass is 16.5. The number of aromatic nitrogens is 2. The quantitative estimate of drug-likeness (QED) is 0.482. The lowest BCUT2D eigenvalue weighted by Crippen LogP contribution is -2.33. The lowest BCUT2D eigenvalue weighted by Gasteiger charge is -2.00. The van der Waals surface area contributed by atoms with Gasteiger partial charge in [0.25, 0.3) is 0 Å². The first kappa shape index (κ1) is 9.22. The molecular formula is C8H15N2O2+. The third-order valence-electron chi connectivity index (χ3n) is 1.53. The van der Waals surface area contributed by atoms with Gasteiger partial charge in [0.05, 0.1) is 19.8 Å². The Kier molecular flexibility index (Phi) is 4.41. The molecule has 0 bridgehead atoms. The van der Waals surface area contributed by atoms with Crippen LogP contribution in [0.25, 0.3) is 0 Å². The molecule has 0 aliphatic rings. The highest BCUT2D eigenvalue weighted by molar-refractivity contribution is 4.55. The normalized spacial score (nSPS) is 10.4. The molecule has 0 saturated carbocycles. The molecule has 0 fully saturated rings. The number of ether oxygens (including phenoxy) is 2. The Morgan fingerprint density at radius 2 is 2.25 bits per heavy atom. The molecule has 0 unspecified atom stereocenters. The summed E-state index contributed by atoms with van der Waals surface area (Å²) in [7, 11) is 1.67. The Balaban J connectivity index is 1.96. The minimum Gasteiger partial charge on any atom is -0.382 e. The van der Waals surface area contributed by atoms with E-state index >= 15 is 0 Å². The van der Waals surface area contributed by atoms with E-state index in [1.54, 1.807) is 7.11 Å². The van der Waals surface area contributed by atoms with Crippen molar-refractivity contribution in [3.8, 4) is 0 Å². The number of methoxy groups -OCH3 is 1. The molecule has 1 aromatic heterocycles. The Labute approximate surface area is 72.1 Å². The molecule has 0 atom stereocenters. The lowest BCUT2D eigenvalue weighted by molar-refractivity contribution is -0.697. The van der Waals surface area contributed by atoms with Gasteiger partial charge in [-0.25, -0.2) is 4.57 Å². The van der Waals surface area contributed by atoms with E-state index in [0.29, 0.717) is 13.2 Å². The number of rotatable bonds is 6. The molecule has 0 aliphatic carbocycles. The summed E-state index contributed by atoms with van der Waals surface area (Å²) in [4.78, 5) is 2.96. The molecule has 1 heterocycles. The number of H-pyrrole nitrogens is 1. The average molecular weight is 171 g/mol. The molecule has 4 heteroatoms. The second kappa shape index (κ2) is 5.74. The van der Waals surface area contributed by atoms with Crippen LogP contribution in [-0.2, 0) is 16.0 Å². The van der Waals surface area contributed by atoms with E-state index in [-0.39, 0.29) is 0 Å². The van der Waals surface area contributed by atoms with Gasteiger partial charge in [-0.15, -0.1) is 0 Å². The van der Waals surface area contributed by atoms with E-state index in [0.717, 1.165) is 13.2 Å². The Morgan fingerprint density at radius 1 is 1.33 bits per heavy atom. The first-order chi connectivity index (χ1) is 5.93. The summed E-state index contributed by atoms with van der Waals surface area (Å²) in [6, 6.07) is 0. The van der Waals surface area contributed by atoms with Crippen LogP contribution >= 0.6 is 0 Å². The summed E-state index contributed by atoms with van der Waals surface area (Å²) in [5.41, 5.74) is 0. The molecule has 0 aliphatic heterocycles. The highest BCUT2D eigenvalue weighted by Crippen LogP contribution is 1.76. The van der Waals surface area contributed by atoms with Crippen LogP contribution < -0.4 is 4.57 Å². The largest absolute Gasteiger partial charge is 0.382 e. The van der Waals surface area contributed by atoms with Gasteiger partial charge >= 0.3 is 0 Å². The smallest absolute Gasteiger partial charge is 0.241 e. The van der Waals surface area contributed by atoms with Gasteiger partial charge in [-0.2, -0.15) is 0 Å². The third kappa shape index (κ3) is 3.50. The van der Waals surface area contributed by atoms with Crippen LogP contribution in [0.5, 0.6) is 0 Å². The predicted octanol–water partition coefficient (Wildman–Crippen LogP) is -0.0348. The standard InChI is InChI=1S/C8H14N2O2/c1-11-6-7-12-5-4-10-3-2-9-8-10/h2-3,8H,4-7H2,1H3/p+1. The van der Waals surface area contributed by atoms with Crippen LogP contribution in [0.1, 0.15) is 0 Å². The summed E-state index contributed by atoms with van der Waals surface area (Å²) < 4.78 is 12.2. The number of hydrogen-bond donors (Lipinski definition) is 1. The zero-order chi connectivity index (χ0) is 8.65. The zero-order valence-corrected chi connectivity index (χ0v) is 7.32. The molecule has 4 nitrogen and oxygen atoms in total. The maximum Gasteiger partial charge on any atom is 0.241 e. The second-order valence-corrected chi connectivity index (χ2v) is 2.45. The molecule has 0 aromatic carbocycles. The van der Waals surface area contributed by atoms with Crippen LogP contribution in [0.15, 0.2) is 18.7 Å². The maximum atomic E-state index is 5.29. The third-order valence-corrected chi connectivity index (χ3v) is 1.53. The molecule has 0 radical (unpaired) electrons. The van der Waals surface area contributed by atoms with Gasteiger partial charge < -0.3 is 9.47 Å². The number of nitrogens with zero attached hydrogens (tertiary/aromatic N) is 1. The van der Waals surface area contributed by atoms with Crippen LogP contribution in [0.2, 0.25) is 0 Å². The Bertz CT molecular complexity index is 187. The van der Waals surface area contributed by atoms with Gasteiger partial charge in [0.1, 0.15) is 18.9 Å². The van der Waals surface area contributed by atoms with E-state index in [4.69, 9.17) is 9.47 Å². The van der Waals surface area contributed by atoms with Gasteiger partial charge in [0.15, 0.2) is 0 Å². The van der Waals surface area contributed by atoms with E-state index in [1.807, 2.05) is 23.3 Å². The fourth-order valence-corrected chi connectivity index (χ4v) is 0.874. The zero-order valence-electron chi connectivity index (χ0n) is 7.32. The van der Waals surface area contributed by atoms with Crippen molar-refractivity contribution in [3.63, 3.8) is 0 Å². The molecule has 68 valence electrons. The van der Waals surface area contributed by atoms with E-state index in [2.05, 4.69) is 4.98 Å². The SMILES string of the molecule is COCCOCC[n+]1cc[nH]c1. The number of imidazole rings is 1. The van der Waals surface area contributed by atoms with Gasteiger partial charge in [0.2, 0.25) is 6.33 Å². The molecular weight excluding hydrogens is 156 g/mol. The summed E-state index contributed by atoms with van der Waals surface area (Å²) in [5, 5.41) is 0. The van der Waals surface area contributed by atoms with Crippen LogP contribution in [-0.4, -0.2) is 31.9 Å². The van der Waals surface area contributed by atoms with Crippen molar-refractivity contribution in [2.45, 2.75) is 6.54 Å². The first-order valence-electron chi connectivity index (χ1n) is 4.02. The van der Waals surface area contributed by atoms with E-state index in [9.17, 15) is 0 Å². The van der Waals surface area contributed by atoms with E-state index in [1.165, 1.54) is 0 Å². The number of aromatic amines is 1. The summed E-state index contributed by atoms with van der Waals surface area (Å²) in [5.74, 6) is 0. The highest BCUT2D eigenvalue weighted by Gasteiger charge is 1.95. The van der Waals surface area contributed by atoms with Crippen molar-refractivity contribution in [2.24, 2.45) is 0 Å². The topological polar surface area (TPSA) is 38.1 Å². The summed E-state index contributed by atoms with van der Waals surface area (Å²) in [6.45, 7) is 2.94. The fourth-order valence-electron chi connectivity index (χ4n) is 0.874. The molecule has 1 rings (SSSR count). The van der Waals surface area contributed by atoms with Crippen LogP contribution in [0, 0.1) is 0 Å². The fraction of sp³-hybridized carbons (Fsp3) is 0.625. The molecule has 12 heavy (non-hydrogen) atoms. The molecule has 1 N–H and O–H groups in total. The number of hydrogen-bond acceptors (Lipinski definition) is 2. The Morgan fingerprint density at radius 3 is 2.92 bits per heavy atom. The van der Waals surface area contributed by atoms with Crippen LogP contribution in [0.3, 0.4) is 0 Å². The minimum atomic E-state index is 0.664. The van der Waals surface area contributed by atoms with Crippen molar-refractivity contribution < 1.29 is 14.0 Å². The van der Waals surface area contributed by atoms with Crippen molar-refractivity contribution in [2.75, 3.05) is 26.9 Å². The van der Waals surface area contributed by atoms with Crippen molar-refractivity contribution in [3.05, 3.63) is 18.7 Å². The van der Waals surface area contributed by atoms with Gasteiger partial charge in [-0.05, 0) is 0 Å². The molecule has 0 amide bonds. The molecule has 0 saturated heterocycles. The second-order valence-electron chi connectivity index (χ2n) is 2.45. The van der Waals surface area contributed by atoms with Gasteiger partial charge in [-0.3, -0.25) is 4.98 Å². The predicted molar refractivity (Wildman–Crippen MR) is 43.7 cm³/mol. The molecule has 1 aromatic rings. The van der Waals surface area contributed by atoms with E-state index < -0.39 is 0 Å². The van der Waals surface area contributed by atoms with Crippen molar-refractivity contribution in [1.29, 1.82) is 0 Å². The van der Waals surface area contributed by atoms with Crippen molar-refractivity contribution in [1.82, 2.24) is 4.98 Å². The average Bonchev–Trinajstić information content (AvgIpc) is 2.57. The first-order valence-corrected chi connectivity index (χ1v) is 4.02. The number of nitrogens with one attached hydrogen (secondary N) is 1. The Hall–Kier alpha value is -0.870. The summed E-state index contributed by atoms with van der Waals surface area (Å²) >= 11 is 0. The molecule has 0 spiro atoms. The van der Waals surface area contributed by atoms with Gasteiger partial charge in [-0.1, -0.05) is 0 Å². The lowest BCUT2D eigenvalue weighted by atomic mass is 10.6. The monoisotopic (exact) mass is 171 g/mol. The van der Waals surface area contributed by atoms with Gasteiger partial charge in [0, 0.05) is 7.11 Å². The van der Waals surface area contributed by atoms with Crippen LogP contribution in [0.4, 0.5) is 0 Å². The maximum absolute atomic E-state index is 5.29. The summed E-state index contributed by atoms with van der Waals surface area (Å²) in [6.07, 6.45) is 5.76.